The summed E-state index contributed by atoms with van der Waals surface area (Å²) in [5.41, 5.74) is 2.85. The highest BCUT2D eigenvalue weighted by Crippen LogP contribution is 2.38. The highest BCUT2D eigenvalue weighted by atomic mass is 35.5. The van der Waals surface area contributed by atoms with E-state index in [9.17, 15) is 9.59 Å². The number of anilines is 1. The number of nitrogens with zero attached hydrogens (tertiary/aromatic N) is 1. The number of imide groups is 1. The van der Waals surface area contributed by atoms with Crippen molar-refractivity contribution in [2.45, 2.75) is 32.3 Å². The van der Waals surface area contributed by atoms with Crippen molar-refractivity contribution in [2.24, 2.45) is 0 Å². The second-order valence-electron chi connectivity index (χ2n) is 6.50. The van der Waals surface area contributed by atoms with Crippen LogP contribution in [0.4, 0.5) is 5.69 Å². The minimum absolute atomic E-state index is 0.207. The summed E-state index contributed by atoms with van der Waals surface area (Å²) < 4.78 is 5.82. The first kappa shape index (κ1) is 16.9. The van der Waals surface area contributed by atoms with Crippen molar-refractivity contribution in [3.63, 3.8) is 0 Å². The largest absolute Gasteiger partial charge is 0.487 e. The number of rotatable bonds is 4. The zero-order valence-electron chi connectivity index (χ0n) is 14.2. The fourth-order valence-corrected chi connectivity index (χ4v) is 3.62. The van der Waals surface area contributed by atoms with Crippen molar-refractivity contribution in [3.05, 3.63) is 70.3 Å². The second-order valence-corrected chi connectivity index (χ2v) is 6.91. The first-order valence-corrected chi connectivity index (χ1v) is 9.10. The maximum atomic E-state index is 12.7. The topological polar surface area (TPSA) is 46.6 Å². The van der Waals surface area contributed by atoms with Crippen molar-refractivity contribution in [1.29, 1.82) is 0 Å². The average Bonchev–Trinajstić information content (AvgIpc) is 2.93. The van der Waals surface area contributed by atoms with Gasteiger partial charge in [-0.1, -0.05) is 41.9 Å². The van der Waals surface area contributed by atoms with Crippen LogP contribution in [0.1, 0.15) is 31.2 Å². The standard InChI is InChI=1S/C21H18ClNO3/c22-18-11-10-15(12-19(18)26-13-14-6-2-1-3-7-14)23-20(24)16-8-4-5-9-17(16)21(23)25/h1-3,6-7,10-12H,4-5,8-9,13H2. The molecule has 4 rings (SSSR count). The van der Waals surface area contributed by atoms with Crippen LogP contribution in [-0.4, -0.2) is 11.8 Å². The van der Waals surface area contributed by atoms with E-state index in [2.05, 4.69) is 0 Å². The van der Waals surface area contributed by atoms with Crippen molar-refractivity contribution in [3.8, 4) is 5.75 Å². The predicted octanol–water partition coefficient (Wildman–Crippen LogP) is 4.66. The van der Waals surface area contributed by atoms with E-state index in [4.69, 9.17) is 16.3 Å². The van der Waals surface area contributed by atoms with Gasteiger partial charge in [0.05, 0.1) is 10.7 Å². The van der Waals surface area contributed by atoms with Crippen LogP contribution in [0.2, 0.25) is 5.02 Å². The molecule has 0 saturated carbocycles. The fourth-order valence-electron chi connectivity index (χ4n) is 3.45. The second kappa shape index (κ2) is 6.96. The lowest BCUT2D eigenvalue weighted by molar-refractivity contribution is -0.120. The molecule has 0 radical (unpaired) electrons. The molecule has 1 heterocycles. The lowest BCUT2D eigenvalue weighted by atomic mass is 9.93. The molecule has 2 aliphatic rings. The predicted molar refractivity (Wildman–Crippen MR) is 100 cm³/mol. The zero-order valence-corrected chi connectivity index (χ0v) is 15.0. The van der Waals surface area contributed by atoms with Gasteiger partial charge in [-0.05, 0) is 43.4 Å². The quantitative estimate of drug-likeness (QED) is 0.738. The van der Waals surface area contributed by atoms with Crippen LogP contribution >= 0.6 is 11.6 Å². The van der Waals surface area contributed by atoms with Gasteiger partial charge in [0.1, 0.15) is 12.4 Å². The number of hydrogen-bond acceptors (Lipinski definition) is 3. The number of hydrogen-bond donors (Lipinski definition) is 0. The van der Waals surface area contributed by atoms with Gasteiger partial charge >= 0.3 is 0 Å². The molecular formula is C21H18ClNO3. The Labute approximate surface area is 157 Å². The Morgan fingerprint density at radius 1 is 0.923 bits per heavy atom. The molecule has 0 unspecified atom stereocenters. The number of carbonyl (C=O) groups is 2. The molecule has 0 saturated heterocycles. The molecule has 2 aromatic carbocycles. The molecule has 0 spiro atoms. The summed E-state index contributed by atoms with van der Waals surface area (Å²) in [6, 6.07) is 14.8. The lowest BCUT2D eigenvalue weighted by Crippen LogP contribution is -2.31. The van der Waals surface area contributed by atoms with Crippen LogP contribution in [0.5, 0.6) is 5.75 Å². The van der Waals surface area contributed by atoms with E-state index in [1.165, 1.54) is 4.90 Å². The van der Waals surface area contributed by atoms with Crippen molar-refractivity contribution >= 4 is 29.1 Å². The zero-order chi connectivity index (χ0) is 18.1. The fraction of sp³-hybridized carbons (Fsp3) is 0.238. The molecule has 2 aromatic rings. The number of benzene rings is 2. The summed E-state index contributed by atoms with van der Waals surface area (Å²) >= 11 is 6.24. The van der Waals surface area contributed by atoms with Gasteiger partial charge in [0, 0.05) is 17.2 Å². The number of amides is 2. The van der Waals surface area contributed by atoms with Crippen LogP contribution in [0.25, 0.3) is 0 Å². The summed E-state index contributed by atoms with van der Waals surface area (Å²) in [6.45, 7) is 0.362. The molecule has 0 bridgehead atoms. The van der Waals surface area contributed by atoms with Gasteiger partial charge < -0.3 is 4.74 Å². The van der Waals surface area contributed by atoms with Crippen molar-refractivity contribution in [2.75, 3.05) is 4.90 Å². The van der Waals surface area contributed by atoms with E-state index in [-0.39, 0.29) is 11.8 Å². The van der Waals surface area contributed by atoms with Crippen LogP contribution < -0.4 is 9.64 Å². The molecule has 2 amide bonds. The Bertz CT molecular complexity index is 877. The van der Waals surface area contributed by atoms with E-state index in [0.29, 0.717) is 47.1 Å². The highest BCUT2D eigenvalue weighted by Gasteiger charge is 2.39. The first-order valence-electron chi connectivity index (χ1n) is 8.72. The van der Waals surface area contributed by atoms with Gasteiger partial charge in [-0.25, -0.2) is 4.90 Å². The smallest absolute Gasteiger partial charge is 0.261 e. The van der Waals surface area contributed by atoms with E-state index >= 15 is 0 Å². The number of halogens is 1. The van der Waals surface area contributed by atoms with Crippen molar-refractivity contribution in [1.82, 2.24) is 0 Å². The minimum atomic E-state index is -0.207. The molecule has 26 heavy (non-hydrogen) atoms. The molecule has 5 heteroatoms. The number of carbonyl (C=O) groups excluding carboxylic acids is 2. The van der Waals surface area contributed by atoms with E-state index in [1.807, 2.05) is 30.3 Å². The maximum absolute atomic E-state index is 12.7. The van der Waals surface area contributed by atoms with Gasteiger partial charge in [0.25, 0.3) is 11.8 Å². The normalized spacial score (nSPS) is 16.9. The molecule has 0 aromatic heterocycles. The van der Waals surface area contributed by atoms with E-state index < -0.39 is 0 Å². The van der Waals surface area contributed by atoms with Gasteiger partial charge in [-0.3, -0.25) is 9.59 Å². The Kier molecular flexibility index (Phi) is 4.51. The van der Waals surface area contributed by atoms with Gasteiger partial charge in [0.2, 0.25) is 0 Å². The molecule has 0 N–H and O–H groups in total. The van der Waals surface area contributed by atoms with Crippen LogP contribution in [-0.2, 0) is 16.2 Å². The monoisotopic (exact) mass is 367 g/mol. The summed E-state index contributed by atoms with van der Waals surface area (Å²) in [4.78, 5) is 26.7. The Hall–Kier alpha value is -2.59. The molecule has 1 aliphatic carbocycles. The molecule has 132 valence electrons. The van der Waals surface area contributed by atoms with Crippen LogP contribution in [0, 0.1) is 0 Å². The first-order chi connectivity index (χ1) is 12.6. The van der Waals surface area contributed by atoms with Crippen LogP contribution in [0.15, 0.2) is 59.7 Å². The third kappa shape index (κ3) is 3.01. The molecular weight excluding hydrogens is 350 g/mol. The van der Waals surface area contributed by atoms with Gasteiger partial charge in [0.15, 0.2) is 0 Å². The molecule has 4 nitrogen and oxygen atoms in total. The van der Waals surface area contributed by atoms with E-state index in [0.717, 1.165) is 18.4 Å². The third-order valence-electron chi connectivity index (χ3n) is 4.80. The lowest BCUT2D eigenvalue weighted by Gasteiger charge is -2.17. The molecule has 0 atom stereocenters. The van der Waals surface area contributed by atoms with E-state index in [1.54, 1.807) is 18.2 Å². The Balaban J connectivity index is 1.58. The SMILES string of the molecule is O=C1C2=C(CCCC2)C(=O)N1c1ccc(Cl)c(OCc2ccccc2)c1. The van der Waals surface area contributed by atoms with Crippen molar-refractivity contribution < 1.29 is 14.3 Å². The Morgan fingerprint density at radius 2 is 1.58 bits per heavy atom. The highest BCUT2D eigenvalue weighted by molar-refractivity contribution is 6.34. The third-order valence-corrected chi connectivity index (χ3v) is 5.11. The molecule has 0 fully saturated rings. The number of ether oxygens (including phenoxy) is 1. The van der Waals surface area contributed by atoms with Crippen LogP contribution in [0.3, 0.4) is 0 Å². The summed E-state index contributed by atoms with van der Waals surface area (Å²) in [6.07, 6.45) is 3.28. The summed E-state index contributed by atoms with van der Waals surface area (Å²) in [5.74, 6) is 0.0422. The average molecular weight is 368 g/mol. The van der Waals surface area contributed by atoms with Gasteiger partial charge in [-0.15, -0.1) is 0 Å². The minimum Gasteiger partial charge on any atom is -0.487 e. The molecule has 1 aliphatic heterocycles. The van der Waals surface area contributed by atoms with Gasteiger partial charge in [-0.2, -0.15) is 0 Å². The maximum Gasteiger partial charge on any atom is 0.261 e. The summed E-state index contributed by atoms with van der Waals surface area (Å²) in [5, 5.41) is 0.446. The Morgan fingerprint density at radius 3 is 2.23 bits per heavy atom. The summed E-state index contributed by atoms with van der Waals surface area (Å²) in [7, 11) is 0.